The van der Waals surface area contributed by atoms with E-state index >= 15 is 0 Å². The molecule has 1 amide bonds. The zero-order valence-electron chi connectivity index (χ0n) is 13.4. The molecule has 1 atom stereocenters. The Hall–Kier alpha value is -1.92. The van der Waals surface area contributed by atoms with Crippen molar-refractivity contribution in [1.82, 2.24) is 5.32 Å². The molecule has 6 nitrogen and oxygen atoms in total. The molecule has 0 bridgehead atoms. The second-order valence-corrected chi connectivity index (χ2v) is 5.05. The Kier molecular flexibility index (Phi) is 10.7. The summed E-state index contributed by atoms with van der Waals surface area (Å²) >= 11 is 0. The van der Waals surface area contributed by atoms with Crippen LogP contribution in [0.1, 0.15) is 25.8 Å². The van der Waals surface area contributed by atoms with E-state index < -0.39 is 12.0 Å². The fourth-order valence-corrected chi connectivity index (χ4v) is 1.77. The van der Waals surface area contributed by atoms with Crippen LogP contribution in [0, 0.1) is 5.92 Å². The number of rotatable bonds is 7. The molecule has 0 fully saturated rings. The SMILES string of the molecule is CC(C)C[C@H](NC(=O)CN)C(=O)OCc1ccccc1.CO. The van der Waals surface area contributed by atoms with Crippen molar-refractivity contribution in [3.63, 3.8) is 0 Å². The van der Waals surface area contributed by atoms with E-state index in [9.17, 15) is 9.59 Å². The zero-order valence-corrected chi connectivity index (χ0v) is 13.4. The normalized spacial score (nSPS) is 11.2. The van der Waals surface area contributed by atoms with Crippen molar-refractivity contribution in [3.05, 3.63) is 35.9 Å². The maximum atomic E-state index is 12.0. The predicted octanol–water partition coefficient (Wildman–Crippen LogP) is 0.828. The van der Waals surface area contributed by atoms with Gasteiger partial charge in [0.25, 0.3) is 0 Å². The average Bonchev–Trinajstić information content (AvgIpc) is 2.54. The fraction of sp³-hybridized carbons (Fsp3) is 0.500. The minimum atomic E-state index is -0.644. The quantitative estimate of drug-likeness (QED) is 0.647. The first kappa shape index (κ1) is 20.1. The minimum Gasteiger partial charge on any atom is -0.459 e. The van der Waals surface area contributed by atoms with Crippen molar-refractivity contribution in [1.29, 1.82) is 0 Å². The molecule has 0 saturated heterocycles. The van der Waals surface area contributed by atoms with Gasteiger partial charge in [-0.25, -0.2) is 4.79 Å². The van der Waals surface area contributed by atoms with Crippen LogP contribution < -0.4 is 11.1 Å². The van der Waals surface area contributed by atoms with E-state index in [0.29, 0.717) is 6.42 Å². The smallest absolute Gasteiger partial charge is 0.328 e. The Morgan fingerprint density at radius 3 is 2.32 bits per heavy atom. The van der Waals surface area contributed by atoms with Crippen LogP contribution in [-0.4, -0.2) is 36.7 Å². The van der Waals surface area contributed by atoms with Crippen LogP contribution in [-0.2, 0) is 20.9 Å². The molecule has 22 heavy (non-hydrogen) atoms. The summed E-state index contributed by atoms with van der Waals surface area (Å²) < 4.78 is 5.24. The van der Waals surface area contributed by atoms with Crippen LogP contribution in [0.4, 0.5) is 0 Å². The van der Waals surface area contributed by atoms with Crippen molar-refractivity contribution in [2.45, 2.75) is 32.9 Å². The number of amides is 1. The van der Waals surface area contributed by atoms with Gasteiger partial charge in [-0.3, -0.25) is 4.79 Å². The van der Waals surface area contributed by atoms with Gasteiger partial charge in [-0.15, -0.1) is 0 Å². The number of hydrogen-bond donors (Lipinski definition) is 3. The van der Waals surface area contributed by atoms with Crippen molar-refractivity contribution < 1.29 is 19.4 Å². The lowest BCUT2D eigenvalue weighted by molar-refractivity contribution is -0.149. The maximum Gasteiger partial charge on any atom is 0.328 e. The van der Waals surface area contributed by atoms with Crippen LogP contribution in [0.2, 0.25) is 0 Å². The topological polar surface area (TPSA) is 102 Å². The Morgan fingerprint density at radius 2 is 1.82 bits per heavy atom. The number of carbonyl (C=O) groups excluding carboxylic acids is 2. The van der Waals surface area contributed by atoms with Gasteiger partial charge in [-0.1, -0.05) is 44.2 Å². The Morgan fingerprint density at radius 1 is 1.23 bits per heavy atom. The van der Waals surface area contributed by atoms with Gasteiger partial charge in [0.1, 0.15) is 12.6 Å². The van der Waals surface area contributed by atoms with Crippen LogP contribution in [0.15, 0.2) is 30.3 Å². The molecule has 1 rings (SSSR count). The van der Waals surface area contributed by atoms with Crippen LogP contribution >= 0.6 is 0 Å². The Balaban J connectivity index is 0.00000211. The molecule has 0 radical (unpaired) electrons. The number of nitrogens with one attached hydrogen (secondary N) is 1. The first-order valence-electron chi connectivity index (χ1n) is 7.17. The highest BCUT2D eigenvalue weighted by Crippen LogP contribution is 2.08. The van der Waals surface area contributed by atoms with Gasteiger partial charge in [0.15, 0.2) is 0 Å². The third kappa shape index (κ3) is 8.39. The molecular weight excluding hydrogens is 284 g/mol. The summed E-state index contributed by atoms with van der Waals surface area (Å²) in [5.74, 6) is -0.515. The molecule has 0 unspecified atom stereocenters. The molecule has 0 saturated carbocycles. The molecule has 0 aliphatic rings. The number of aliphatic hydroxyl groups is 1. The lowest BCUT2D eigenvalue weighted by Gasteiger charge is -2.19. The van der Waals surface area contributed by atoms with Crippen molar-refractivity contribution in [2.75, 3.05) is 13.7 Å². The average molecular weight is 310 g/mol. The highest BCUT2D eigenvalue weighted by atomic mass is 16.5. The van der Waals surface area contributed by atoms with Gasteiger partial charge < -0.3 is 20.9 Å². The molecule has 124 valence electrons. The van der Waals surface area contributed by atoms with Crippen LogP contribution in [0.25, 0.3) is 0 Å². The number of esters is 1. The summed E-state index contributed by atoms with van der Waals surface area (Å²) in [7, 11) is 1.00. The number of ether oxygens (including phenoxy) is 1. The summed E-state index contributed by atoms with van der Waals surface area (Å²) in [6.07, 6.45) is 0.527. The van der Waals surface area contributed by atoms with Gasteiger partial charge in [-0.05, 0) is 17.9 Å². The van der Waals surface area contributed by atoms with Crippen molar-refractivity contribution in [2.24, 2.45) is 11.7 Å². The minimum absolute atomic E-state index is 0.138. The zero-order chi connectivity index (χ0) is 17.0. The van der Waals surface area contributed by atoms with Crippen LogP contribution in [0.5, 0.6) is 0 Å². The highest BCUT2D eigenvalue weighted by molar-refractivity contribution is 5.85. The second kappa shape index (κ2) is 11.7. The van der Waals surface area contributed by atoms with Crippen molar-refractivity contribution in [3.8, 4) is 0 Å². The third-order valence-electron chi connectivity index (χ3n) is 2.74. The van der Waals surface area contributed by atoms with E-state index in [1.807, 2.05) is 44.2 Å². The maximum absolute atomic E-state index is 12.0. The summed E-state index contributed by atoms with van der Waals surface area (Å²) in [5, 5.41) is 9.60. The molecule has 0 spiro atoms. The highest BCUT2D eigenvalue weighted by Gasteiger charge is 2.22. The lowest BCUT2D eigenvalue weighted by atomic mass is 10.0. The number of hydrogen-bond acceptors (Lipinski definition) is 5. The third-order valence-corrected chi connectivity index (χ3v) is 2.74. The first-order chi connectivity index (χ1) is 10.5. The standard InChI is InChI=1S/C15H22N2O3.CH4O/c1-11(2)8-13(17-14(18)9-16)15(19)20-10-12-6-4-3-5-7-12;1-2/h3-7,11,13H,8-10,16H2,1-2H3,(H,17,18);2H,1H3/t13-;/m0./s1. The number of aliphatic hydroxyl groups excluding tert-OH is 1. The molecule has 0 aliphatic carbocycles. The van der Waals surface area contributed by atoms with Gasteiger partial charge in [0.05, 0.1) is 6.54 Å². The predicted molar refractivity (Wildman–Crippen MR) is 84.8 cm³/mol. The van der Waals surface area contributed by atoms with Crippen LogP contribution in [0.3, 0.4) is 0 Å². The lowest BCUT2D eigenvalue weighted by Crippen LogP contribution is -2.45. The molecule has 0 aromatic heterocycles. The molecule has 4 N–H and O–H groups in total. The first-order valence-corrected chi connectivity index (χ1v) is 7.17. The molecule has 1 aromatic carbocycles. The largest absolute Gasteiger partial charge is 0.459 e. The summed E-state index contributed by atoms with van der Waals surface area (Å²) in [5.41, 5.74) is 6.16. The van der Waals surface area contributed by atoms with E-state index in [2.05, 4.69) is 5.32 Å². The molecular formula is C16H26N2O4. The monoisotopic (exact) mass is 310 g/mol. The number of nitrogens with two attached hydrogens (primary N) is 1. The summed E-state index contributed by atoms with van der Waals surface area (Å²) in [6, 6.07) is 8.77. The molecule has 6 heteroatoms. The summed E-state index contributed by atoms with van der Waals surface area (Å²) in [4.78, 5) is 23.4. The molecule has 0 heterocycles. The van der Waals surface area contributed by atoms with E-state index in [-0.39, 0.29) is 25.0 Å². The molecule has 0 aliphatic heterocycles. The molecule has 1 aromatic rings. The summed E-state index contributed by atoms with van der Waals surface area (Å²) in [6.45, 7) is 4.02. The van der Waals surface area contributed by atoms with E-state index in [1.54, 1.807) is 0 Å². The van der Waals surface area contributed by atoms with Crippen molar-refractivity contribution >= 4 is 11.9 Å². The van der Waals surface area contributed by atoms with E-state index in [4.69, 9.17) is 15.6 Å². The second-order valence-electron chi connectivity index (χ2n) is 5.05. The van der Waals surface area contributed by atoms with Gasteiger partial charge in [-0.2, -0.15) is 0 Å². The Bertz CT molecular complexity index is 435. The van der Waals surface area contributed by atoms with Gasteiger partial charge in [0.2, 0.25) is 5.91 Å². The van der Waals surface area contributed by atoms with Gasteiger partial charge >= 0.3 is 5.97 Å². The van der Waals surface area contributed by atoms with E-state index in [0.717, 1.165) is 12.7 Å². The number of benzene rings is 1. The van der Waals surface area contributed by atoms with Gasteiger partial charge in [0, 0.05) is 7.11 Å². The Labute approximate surface area is 131 Å². The fourth-order valence-electron chi connectivity index (χ4n) is 1.77. The van der Waals surface area contributed by atoms with E-state index in [1.165, 1.54) is 0 Å². The number of carbonyl (C=O) groups is 2.